The number of hydrogen-bond donors (Lipinski definition) is 1. The van der Waals surface area contributed by atoms with Crippen LogP contribution in [0, 0.1) is 5.92 Å². The third-order valence-electron chi connectivity index (χ3n) is 3.92. The van der Waals surface area contributed by atoms with Gasteiger partial charge >= 0.3 is 0 Å². The summed E-state index contributed by atoms with van der Waals surface area (Å²) >= 11 is 0. The van der Waals surface area contributed by atoms with Crippen molar-refractivity contribution in [3.05, 3.63) is 36.1 Å². The van der Waals surface area contributed by atoms with E-state index < -0.39 is 0 Å². The maximum Gasteiger partial charge on any atom is 0.134 e. The van der Waals surface area contributed by atoms with Gasteiger partial charge in [0.05, 0.1) is 6.04 Å². The van der Waals surface area contributed by atoms with Crippen molar-refractivity contribution in [1.82, 2.24) is 5.32 Å². The molecule has 1 aromatic carbocycles. The van der Waals surface area contributed by atoms with Crippen LogP contribution >= 0.6 is 0 Å². The lowest BCUT2D eigenvalue weighted by Gasteiger charge is -2.23. The zero-order valence-electron chi connectivity index (χ0n) is 11.4. The highest BCUT2D eigenvalue weighted by Gasteiger charge is 2.16. The molecule has 19 heavy (non-hydrogen) atoms. The molecular formula is C16H21NO2. The van der Waals surface area contributed by atoms with Gasteiger partial charge in [-0.3, -0.25) is 0 Å². The van der Waals surface area contributed by atoms with Crippen LogP contribution in [-0.2, 0) is 4.74 Å². The van der Waals surface area contributed by atoms with Crippen molar-refractivity contribution >= 4 is 11.0 Å². The van der Waals surface area contributed by atoms with Crippen molar-refractivity contribution in [3.63, 3.8) is 0 Å². The second kappa shape index (κ2) is 5.76. The van der Waals surface area contributed by atoms with Crippen LogP contribution < -0.4 is 5.32 Å². The van der Waals surface area contributed by atoms with E-state index in [4.69, 9.17) is 9.15 Å². The average molecular weight is 259 g/mol. The molecular weight excluding hydrogens is 238 g/mol. The van der Waals surface area contributed by atoms with Crippen molar-refractivity contribution in [3.8, 4) is 0 Å². The second-order valence-corrected chi connectivity index (χ2v) is 5.37. The van der Waals surface area contributed by atoms with Gasteiger partial charge < -0.3 is 14.5 Å². The lowest BCUT2D eigenvalue weighted by atomic mass is 10.00. The first kappa shape index (κ1) is 12.7. The summed E-state index contributed by atoms with van der Waals surface area (Å²) in [4.78, 5) is 0. The third kappa shape index (κ3) is 2.99. The molecule has 0 aliphatic carbocycles. The zero-order chi connectivity index (χ0) is 13.1. The molecule has 0 radical (unpaired) electrons. The normalized spacial score (nSPS) is 18.8. The van der Waals surface area contributed by atoms with Gasteiger partial charge in [-0.25, -0.2) is 0 Å². The minimum Gasteiger partial charge on any atom is -0.459 e. The summed E-state index contributed by atoms with van der Waals surface area (Å²) in [6.07, 6.45) is 2.33. The van der Waals surface area contributed by atoms with Gasteiger partial charge in [0.15, 0.2) is 0 Å². The van der Waals surface area contributed by atoms with E-state index in [2.05, 4.69) is 24.4 Å². The van der Waals surface area contributed by atoms with E-state index in [9.17, 15) is 0 Å². The second-order valence-electron chi connectivity index (χ2n) is 5.37. The molecule has 1 N–H and O–H groups in total. The lowest BCUT2D eigenvalue weighted by molar-refractivity contribution is 0.0654. The number of para-hydroxylation sites is 1. The first-order chi connectivity index (χ1) is 9.33. The number of fused-ring (bicyclic) bond motifs is 1. The molecule has 2 heterocycles. The van der Waals surface area contributed by atoms with Crippen molar-refractivity contribution in [2.45, 2.75) is 25.8 Å². The predicted octanol–water partition coefficient (Wildman–Crippen LogP) is 3.51. The van der Waals surface area contributed by atoms with E-state index >= 15 is 0 Å². The fraction of sp³-hybridized carbons (Fsp3) is 0.500. The highest BCUT2D eigenvalue weighted by molar-refractivity contribution is 5.77. The Labute approximate surface area is 113 Å². The van der Waals surface area contributed by atoms with E-state index in [1.54, 1.807) is 0 Å². The maximum atomic E-state index is 5.88. The average Bonchev–Trinajstić information content (AvgIpc) is 2.90. The summed E-state index contributed by atoms with van der Waals surface area (Å²) in [5, 5.41) is 4.76. The van der Waals surface area contributed by atoms with Gasteiger partial charge in [-0.1, -0.05) is 18.2 Å². The van der Waals surface area contributed by atoms with Gasteiger partial charge in [-0.05, 0) is 44.4 Å². The molecule has 2 aromatic rings. The number of furan rings is 1. The molecule has 102 valence electrons. The Balaban J connectivity index is 1.61. The van der Waals surface area contributed by atoms with Crippen LogP contribution in [0.25, 0.3) is 11.0 Å². The fourth-order valence-electron chi connectivity index (χ4n) is 2.61. The van der Waals surface area contributed by atoms with Gasteiger partial charge in [0.2, 0.25) is 0 Å². The van der Waals surface area contributed by atoms with Crippen LogP contribution in [0.3, 0.4) is 0 Å². The smallest absolute Gasteiger partial charge is 0.134 e. The Hall–Kier alpha value is -1.32. The van der Waals surface area contributed by atoms with Gasteiger partial charge in [0.1, 0.15) is 11.3 Å². The molecule has 1 atom stereocenters. The molecule has 3 nitrogen and oxygen atoms in total. The molecule has 1 saturated heterocycles. The Morgan fingerprint density at radius 2 is 2.05 bits per heavy atom. The summed E-state index contributed by atoms with van der Waals surface area (Å²) < 4.78 is 11.3. The number of nitrogens with one attached hydrogen (secondary N) is 1. The van der Waals surface area contributed by atoms with E-state index in [0.717, 1.165) is 37.0 Å². The van der Waals surface area contributed by atoms with E-state index in [1.165, 1.54) is 18.2 Å². The zero-order valence-corrected chi connectivity index (χ0v) is 11.4. The van der Waals surface area contributed by atoms with Crippen LogP contribution in [0.1, 0.15) is 31.6 Å². The first-order valence-electron chi connectivity index (χ1n) is 7.12. The molecule has 3 heteroatoms. The summed E-state index contributed by atoms with van der Waals surface area (Å²) in [7, 11) is 0. The number of benzene rings is 1. The van der Waals surface area contributed by atoms with Gasteiger partial charge in [0.25, 0.3) is 0 Å². The molecule has 1 unspecified atom stereocenters. The number of ether oxygens (including phenoxy) is 1. The van der Waals surface area contributed by atoms with Gasteiger partial charge in [-0.15, -0.1) is 0 Å². The number of hydrogen-bond acceptors (Lipinski definition) is 3. The maximum absolute atomic E-state index is 5.88. The van der Waals surface area contributed by atoms with Crippen LogP contribution in [0.5, 0.6) is 0 Å². The fourth-order valence-corrected chi connectivity index (χ4v) is 2.61. The molecule has 1 aliphatic rings. The molecule has 0 bridgehead atoms. The SMILES string of the molecule is CC(NCC1CCOCC1)c1cc2ccccc2o1. The molecule has 1 aliphatic heterocycles. The highest BCUT2D eigenvalue weighted by Crippen LogP contribution is 2.24. The minimum atomic E-state index is 0.259. The predicted molar refractivity (Wildman–Crippen MR) is 76.2 cm³/mol. The van der Waals surface area contributed by atoms with Crippen molar-refractivity contribution < 1.29 is 9.15 Å². The molecule has 0 amide bonds. The standard InChI is InChI=1S/C16H21NO2/c1-12(17-11-13-6-8-18-9-7-13)16-10-14-4-2-3-5-15(14)19-16/h2-5,10,12-13,17H,6-9,11H2,1H3. The molecule has 0 saturated carbocycles. The van der Waals surface area contributed by atoms with Gasteiger partial charge in [-0.2, -0.15) is 0 Å². The van der Waals surface area contributed by atoms with Crippen LogP contribution in [0.4, 0.5) is 0 Å². The van der Waals surface area contributed by atoms with E-state index in [0.29, 0.717) is 0 Å². The van der Waals surface area contributed by atoms with Crippen molar-refractivity contribution in [2.24, 2.45) is 5.92 Å². The van der Waals surface area contributed by atoms with Crippen LogP contribution in [0.15, 0.2) is 34.7 Å². The quantitative estimate of drug-likeness (QED) is 0.912. The number of rotatable bonds is 4. The largest absolute Gasteiger partial charge is 0.459 e. The van der Waals surface area contributed by atoms with E-state index in [1.807, 2.05) is 18.2 Å². The molecule has 1 fully saturated rings. The van der Waals surface area contributed by atoms with Crippen LogP contribution in [0.2, 0.25) is 0 Å². The summed E-state index contributed by atoms with van der Waals surface area (Å²) in [6, 6.07) is 10.6. The topological polar surface area (TPSA) is 34.4 Å². The van der Waals surface area contributed by atoms with Crippen molar-refractivity contribution in [2.75, 3.05) is 19.8 Å². The Morgan fingerprint density at radius 3 is 2.84 bits per heavy atom. The van der Waals surface area contributed by atoms with Gasteiger partial charge in [0, 0.05) is 18.6 Å². The Bertz CT molecular complexity index is 495. The molecule has 3 rings (SSSR count). The summed E-state index contributed by atoms with van der Waals surface area (Å²) in [6.45, 7) is 5.02. The Morgan fingerprint density at radius 1 is 1.26 bits per heavy atom. The third-order valence-corrected chi connectivity index (χ3v) is 3.92. The van der Waals surface area contributed by atoms with Crippen molar-refractivity contribution in [1.29, 1.82) is 0 Å². The summed E-state index contributed by atoms with van der Waals surface area (Å²) in [5.41, 5.74) is 0.970. The van der Waals surface area contributed by atoms with E-state index in [-0.39, 0.29) is 6.04 Å². The van der Waals surface area contributed by atoms with Crippen LogP contribution in [-0.4, -0.2) is 19.8 Å². The molecule has 1 aromatic heterocycles. The highest BCUT2D eigenvalue weighted by atomic mass is 16.5. The molecule has 0 spiro atoms. The first-order valence-corrected chi connectivity index (χ1v) is 7.12. The monoisotopic (exact) mass is 259 g/mol. The lowest BCUT2D eigenvalue weighted by Crippen LogP contribution is -2.29. The minimum absolute atomic E-state index is 0.259. The Kier molecular flexibility index (Phi) is 3.85. The summed E-state index contributed by atoms with van der Waals surface area (Å²) in [5.74, 6) is 1.76.